The average Bonchev–Trinajstić information content (AvgIpc) is 2.55. The Kier molecular flexibility index (Phi) is 2.31. The van der Waals surface area contributed by atoms with Crippen LogP contribution in [0.1, 0.15) is 11.4 Å². The number of nitrogens with zero attached hydrogens (tertiary/aromatic N) is 2. The highest BCUT2D eigenvalue weighted by Crippen LogP contribution is 2.21. The highest BCUT2D eigenvalue weighted by Gasteiger charge is 2.29. The van der Waals surface area contributed by atoms with Crippen LogP contribution in [0.4, 0.5) is 13.2 Å². The van der Waals surface area contributed by atoms with Crippen LogP contribution in [0.3, 0.4) is 0 Å². The number of H-pyrrole nitrogens is 1. The first-order chi connectivity index (χ1) is 7.48. The molecular formula is C10H6F3N3. The van der Waals surface area contributed by atoms with Gasteiger partial charge in [-0.15, -0.1) is 0 Å². The standard InChI is InChI=1S/C10H6F3N3/c11-10(12,13)4-9-15-7-2-1-6(5-14)3-8(7)16-9/h1-3H,4H2,(H,15,16). The van der Waals surface area contributed by atoms with Gasteiger partial charge in [0, 0.05) is 0 Å². The molecule has 0 aliphatic heterocycles. The zero-order chi connectivity index (χ0) is 11.8. The predicted octanol–water partition coefficient (Wildman–Crippen LogP) is 2.54. The van der Waals surface area contributed by atoms with Gasteiger partial charge in [0.25, 0.3) is 0 Å². The molecule has 0 aliphatic rings. The number of aromatic amines is 1. The Bertz CT molecular complexity index is 563. The lowest BCUT2D eigenvalue weighted by atomic mass is 10.2. The van der Waals surface area contributed by atoms with E-state index in [0.29, 0.717) is 16.6 Å². The second kappa shape index (κ2) is 3.52. The molecule has 1 aromatic carbocycles. The lowest BCUT2D eigenvalue weighted by molar-refractivity contribution is -0.128. The number of aromatic nitrogens is 2. The van der Waals surface area contributed by atoms with Crippen molar-refractivity contribution in [3.8, 4) is 6.07 Å². The largest absolute Gasteiger partial charge is 0.396 e. The van der Waals surface area contributed by atoms with Crippen molar-refractivity contribution >= 4 is 11.0 Å². The predicted molar refractivity (Wildman–Crippen MR) is 50.6 cm³/mol. The molecule has 0 amide bonds. The molecule has 2 aromatic rings. The van der Waals surface area contributed by atoms with E-state index >= 15 is 0 Å². The number of nitriles is 1. The van der Waals surface area contributed by atoms with Crippen molar-refractivity contribution in [1.29, 1.82) is 5.26 Å². The first-order valence-electron chi connectivity index (χ1n) is 4.43. The van der Waals surface area contributed by atoms with Crippen LogP contribution >= 0.6 is 0 Å². The minimum Gasteiger partial charge on any atom is -0.342 e. The fraction of sp³-hybridized carbons (Fsp3) is 0.200. The molecule has 2 rings (SSSR count). The average molecular weight is 225 g/mol. The molecule has 0 atom stereocenters. The summed E-state index contributed by atoms with van der Waals surface area (Å²) in [7, 11) is 0. The molecule has 0 saturated heterocycles. The molecule has 1 N–H and O–H groups in total. The number of hydrogen-bond acceptors (Lipinski definition) is 2. The van der Waals surface area contributed by atoms with E-state index in [1.165, 1.54) is 18.2 Å². The summed E-state index contributed by atoms with van der Waals surface area (Å²) in [6.45, 7) is 0. The molecular weight excluding hydrogens is 219 g/mol. The van der Waals surface area contributed by atoms with Crippen LogP contribution < -0.4 is 0 Å². The third-order valence-electron chi connectivity index (χ3n) is 2.03. The minimum absolute atomic E-state index is 0.141. The fourth-order valence-electron chi connectivity index (χ4n) is 1.41. The maximum Gasteiger partial charge on any atom is 0.396 e. The molecule has 0 aliphatic carbocycles. The molecule has 0 radical (unpaired) electrons. The lowest BCUT2D eigenvalue weighted by Crippen LogP contribution is -2.12. The number of hydrogen-bond donors (Lipinski definition) is 1. The van der Waals surface area contributed by atoms with Crippen LogP contribution in [0.2, 0.25) is 0 Å². The van der Waals surface area contributed by atoms with Crippen molar-refractivity contribution in [2.75, 3.05) is 0 Å². The molecule has 0 saturated carbocycles. The summed E-state index contributed by atoms with van der Waals surface area (Å²) in [5, 5.41) is 8.63. The van der Waals surface area contributed by atoms with Crippen molar-refractivity contribution in [2.45, 2.75) is 12.6 Å². The van der Waals surface area contributed by atoms with Gasteiger partial charge in [0.05, 0.1) is 22.7 Å². The van der Waals surface area contributed by atoms with E-state index in [-0.39, 0.29) is 5.82 Å². The Hall–Kier alpha value is -2.03. The molecule has 3 nitrogen and oxygen atoms in total. The van der Waals surface area contributed by atoms with Gasteiger partial charge in [0.15, 0.2) is 0 Å². The van der Waals surface area contributed by atoms with Crippen LogP contribution in [-0.4, -0.2) is 16.1 Å². The summed E-state index contributed by atoms with van der Waals surface area (Å²) < 4.78 is 36.3. The number of fused-ring (bicyclic) bond motifs is 1. The molecule has 82 valence electrons. The van der Waals surface area contributed by atoms with Crippen molar-refractivity contribution in [2.24, 2.45) is 0 Å². The second-order valence-electron chi connectivity index (χ2n) is 3.32. The Balaban J connectivity index is 2.41. The van der Waals surface area contributed by atoms with Gasteiger partial charge in [0.1, 0.15) is 12.2 Å². The number of rotatable bonds is 1. The topological polar surface area (TPSA) is 52.5 Å². The molecule has 16 heavy (non-hydrogen) atoms. The van der Waals surface area contributed by atoms with Gasteiger partial charge in [0.2, 0.25) is 0 Å². The van der Waals surface area contributed by atoms with Gasteiger partial charge in [-0.05, 0) is 18.2 Å². The van der Waals surface area contributed by atoms with Crippen molar-refractivity contribution in [3.63, 3.8) is 0 Å². The summed E-state index contributed by atoms with van der Waals surface area (Å²) in [6.07, 6.45) is -5.38. The van der Waals surface area contributed by atoms with E-state index in [1.807, 2.05) is 6.07 Å². The Labute approximate surface area is 88.5 Å². The number of nitrogens with one attached hydrogen (secondary N) is 1. The summed E-state index contributed by atoms with van der Waals surface area (Å²) in [4.78, 5) is 6.33. The van der Waals surface area contributed by atoms with E-state index in [2.05, 4.69) is 9.97 Å². The lowest BCUT2D eigenvalue weighted by Gasteiger charge is -2.01. The summed E-state index contributed by atoms with van der Waals surface area (Å²) in [6, 6.07) is 6.41. The zero-order valence-electron chi connectivity index (χ0n) is 7.97. The number of halogens is 3. The molecule has 1 aromatic heterocycles. The first-order valence-corrected chi connectivity index (χ1v) is 4.43. The number of benzene rings is 1. The molecule has 1 heterocycles. The Morgan fingerprint density at radius 2 is 2.12 bits per heavy atom. The van der Waals surface area contributed by atoms with Crippen molar-refractivity contribution < 1.29 is 13.2 Å². The van der Waals surface area contributed by atoms with Gasteiger partial charge >= 0.3 is 6.18 Å². The fourth-order valence-corrected chi connectivity index (χ4v) is 1.41. The van der Waals surface area contributed by atoms with Gasteiger partial charge < -0.3 is 4.98 Å². The third kappa shape index (κ3) is 2.14. The smallest absolute Gasteiger partial charge is 0.342 e. The summed E-state index contributed by atoms with van der Waals surface area (Å²) in [5.74, 6) is -0.141. The molecule has 6 heteroatoms. The summed E-state index contributed by atoms with van der Waals surface area (Å²) in [5.41, 5.74) is 1.26. The SMILES string of the molecule is N#Cc1ccc2nc(CC(F)(F)F)[nH]c2c1. The maximum absolute atomic E-state index is 12.1. The van der Waals surface area contributed by atoms with E-state index in [4.69, 9.17) is 5.26 Å². The Morgan fingerprint density at radius 1 is 1.38 bits per heavy atom. The first kappa shape index (κ1) is 10.5. The van der Waals surface area contributed by atoms with Crippen LogP contribution in [0.15, 0.2) is 18.2 Å². The van der Waals surface area contributed by atoms with E-state index < -0.39 is 12.6 Å². The quantitative estimate of drug-likeness (QED) is 0.810. The van der Waals surface area contributed by atoms with E-state index in [1.54, 1.807) is 0 Å². The highest BCUT2D eigenvalue weighted by molar-refractivity contribution is 5.76. The van der Waals surface area contributed by atoms with Crippen LogP contribution in [0.25, 0.3) is 11.0 Å². The maximum atomic E-state index is 12.1. The van der Waals surface area contributed by atoms with Crippen molar-refractivity contribution in [3.05, 3.63) is 29.6 Å². The molecule has 0 spiro atoms. The third-order valence-corrected chi connectivity index (χ3v) is 2.03. The van der Waals surface area contributed by atoms with Gasteiger partial charge in [-0.1, -0.05) is 0 Å². The van der Waals surface area contributed by atoms with Crippen LogP contribution in [0, 0.1) is 11.3 Å². The van der Waals surface area contributed by atoms with Gasteiger partial charge in [-0.2, -0.15) is 18.4 Å². The second-order valence-corrected chi connectivity index (χ2v) is 3.32. The van der Waals surface area contributed by atoms with E-state index in [0.717, 1.165) is 0 Å². The Morgan fingerprint density at radius 3 is 2.75 bits per heavy atom. The van der Waals surface area contributed by atoms with Crippen LogP contribution in [0.5, 0.6) is 0 Å². The van der Waals surface area contributed by atoms with Gasteiger partial charge in [-0.3, -0.25) is 0 Å². The van der Waals surface area contributed by atoms with Gasteiger partial charge in [-0.25, -0.2) is 4.98 Å². The molecule has 0 fully saturated rings. The molecule has 0 unspecified atom stereocenters. The minimum atomic E-state index is -4.29. The highest BCUT2D eigenvalue weighted by atomic mass is 19.4. The van der Waals surface area contributed by atoms with Crippen molar-refractivity contribution in [1.82, 2.24) is 9.97 Å². The van der Waals surface area contributed by atoms with E-state index in [9.17, 15) is 13.2 Å². The monoisotopic (exact) mass is 225 g/mol. The zero-order valence-corrected chi connectivity index (χ0v) is 7.97. The van der Waals surface area contributed by atoms with Crippen LogP contribution in [-0.2, 0) is 6.42 Å². The number of imidazole rings is 1. The number of alkyl halides is 3. The summed E-state index contributed by atoms with van der Waals surface area (Å²) >= 11 is 0. The molecule has 0 bridgehead atoms. The normalized spacial score (nSPS) is 11.6.